The van der Waals surface area contributed by atoms with E-state index in [4.69, 9.17) is 0 Å². The van der Waals surface area contributed by atoms with Crippen LogP contribution in [-0.4, -0.2) is 19.1 Å². The topological polar surface area (TPSA) is 15.3 Å². The molecule has 1 aromatic carbocycles. The molecule has 1 aromatic rings. The number of hydrogen-bond donors (Lipinski definition) is 1. The standard InChI is InChI=1S/C17H29BrN2/c1-6-14(5)20(7-2)17-9-8-15(10-16(17)18)12-19-11-13(3)4/h8-10,13-14,19H,6-7,11-12H2,1-5H3. The van der Waals surface area contributed by atoms with E-state index in [0.29, 0.717) is 12.0 Å². The maximum atomic E-state index is 3.74. The third-order valence-corrected chi connectivity index (χ3v) is 4.30. The molecule has 1 unspecified atom stereocenters. The highest BCUT2D eigenvalue weighted by atomic mass is 79.9. The van der Waals surface area contributed by atoms with Gasteiger partial charge in [-0.15, -0.1) is 0 Å². The summed E-state index contributed by atoms with van der Waals surface area (Å²) in [6, 6.07) is 7.29. The fourth-order valence-electron chi connectivity index (χ4n) is 2.34. The average molecular weight is 341 g/mol. The Morgan fingerprint density at radius 3 is 2.40 bits per heavy atom. The van der Waals surface area contributed by atoms with E-state index in [-0.39, 0.29) is 0 Å². The van der Waals surface area contributed by atoms with Crippen LogP contribution in [0.2, 0.25) is 0 Å². The van der Waals surface area contributed by atoms with Gasteiger partial charge in [-0.25, -0.2) is 0 Å². The Hall–Kier alpha value is -0.540. The number of halogens is 1. The van der Waals surface area contributed by atoms with Crippen LogP contribution in [0.4, 0.5) is 5.69 Å². The van der Waals surface area contributed by atoms with Crippen molar-refractivity contribution in [1.29, 1.82) is 0 Å². The van der Waals surface area contributed by atoms with Crippen LogP contribution in [0.25, 0.3) is 0 Å². The second kappa shape index (κ2) is 8.68. The van der Waals surface area contributed by atoms with Crippen LogP contribution in [0.1, 0.15) is 46.6 Å². The van der Waals surface area contributed by atoms with Crippen LogP contribution >= 0.6 is 15.9 Å². The van der Waals surface area contributed by atoms with E-state index in [2.05, 4.69) is 79.0 Å². The zero-order chi connectivity index (χ0) is 15.1. The summed E-state index contributed by atoms with van der Waals surface area (Å²) in [5, 5.41) is 3.49. The minimum absolute atomic E-state index is 0.571. The number of benzene rings is 1. The Bertz CT molecular complexity index is 404. The van der Waals surface area contributed by atoms with Crippen molar-refractivity contribution in [1.82, 2.24) is 5.32 Å². The van der Waals surface area contributed by atoms with E-state index in [1.165, 1.54) is 15.7 Å². The van der Waals surface area contributed by atoms with E-state index in [1.54, 1.807) is 0 Å². The summed E-state index contributed by atoms with van der Waals surface area (Å²) >= 11 is 3.74. The fourth-order valence-corrected chi connectivity index (χ4v) is 2.99. The van der Waals surface area contributed by atoms with Crippen molar-refractivity contribution in [2.45, 2.75) is 53.6 Å². The number of nitrogens with one attached hydrogen (secondary N) is 1. The SMILES string of the molecule is CCC(C)N(CC)c1ccc(CNCC(C)C)cc1Br. The van der Waals surface area contributed by atoms with Crippen molar-refractivity contribution in [3.8, 4) is 0 Å². The maximum absolute atomic E-state index is 3.74. The highest BCUT2D eigenvalue weighted by molar-refractivity contribution is 9.10. The molecule has 0 spiro atoms. The highest BCUT2D eigenvalue weighted by Crippen LogP contribution is 2.29. The Labute approximate surface area is 133 Å². The molecule has 0 aliphatic heterocycles. The quantitative estimate of drug-likeness (QED) is 0.729. The molecule has 20 heavy (non-hydrogen) atoms. The van der Waals surface area contributed by atoms with Gasteiger partial charge >= 0.3 is 0 Å². The lowest BCUT2D eigenvalue weighted by Crippen LogP contribution is -2.32. The first-order valence-electron chi connectivity index (χ1n) is 7.75. The van der Waals surface area contributed by atoms with Gasteiger partial charge in [0.15, 0.2) is 0 Å². The number of hydrogen-bond acceptors (Lipinski definition) is 2. The number of anilines is 1. The largest absolute Gasteiger partial charge is 0.368 e. The Kier molecular flexibility index (Phi) is 7.60. The summed E-state index contributed by atoms with van der Waals surface area (Å²) in [4.78, 5) is 2.45. The van der Waals surface area contributed by atoms with Gasteiger partial charge in [-0.3, -0.25) is 0 Å². The first kappa shape index (κ1) is 17.5. The van der Waals surface area contributed by atoms with Gasteiger partial charge in [-0.05, 0) is 66.4 Å². The molecule has 0 aliphatic rings. The first-order chi connectivity index (χ1) is 9.49. The minimum Gasteiger partial charge on any atom is -0.368 e. The second-order valence-electron chi connectivity index (χ2n) is 5.85. The molecule has 114 valence electrons. The number of rotatable bonds is 8. The molecule has 3 heteroatoms. The van der Waals surface area contributed by atoms with Gasteiger partial charge in [0.2, 0.25) is 0 Å². The lowest BCUT2D eigenvalue weighted by atomic mass is 10.1. The molecular weight excluding hydrogens is 312 g/mol. The second-order valence-corrected chi connectivity index (χ2v) is 6.71. The molecule has 0 saturated carbocycles. The van der Waals surface area contributed by atoms with Gasteiger partial charge < -0.3 is 10.2 Å². The molecule has 0 aliphatic carbocycles. The van der Waals surface area contributed by atoms with E-state index in [1.807, 2.05) is 0 Å². The predicted molar refractivity (Wildman–Crippen MR) is 93.5 cm³/mol. The molecule has 0 saturated heterocycles. The van der Waals surface area contributed by atoms with Gasteiger partial charge in [0.25, 0.3) is 0 Å². The van der Waals surface area contributed by atoms with Gasteiger partial charge in [0.05, 0.1) is 5.69 Å². The smallest absolute Gasteiger partial charge is 0.0513 e. The van der Waals surface area contributed by atoms with E-state index >= 15 is 0 Å². The van der Waals surface area contributed by atoms with E-state index < -0.39 is 0 Å². The van der Waals surface area contributed by atoms with E-state index in [9.17, 15) is 0 Å². The van der Waals surface area contributed by atoms with Crippen LogP contribution in [-0.2, 0) is 6.54 Å². The zero-order valence-electron chi connectivity index (χ0n) is 13.5. The predicted octanol–water partition coefficient (Wildman–Crippen LogP) is 4.82. The monoisotopic (exact) mass is 340 g/mol. The van der Waals surface area contributed by atoms with Crippen molar-refractivity contribution in [2.75, 3.05) is 18.0 Å². The molecule has 1 rings (SSSR count). The Morgan fingerprint density at radius 1 is 1.20 bits per heavy atom. The molecular formula is C17H29BrN2. The summed E-state index contributed by atoms with van der Waals surface area (Å²) in [7, 11) is 0. The third-order valence-electron chi connectivity index (χ3n) is 3.67. The van der Waals surface area contributed by atoms with Crippen molar-refractivity contribution in [2.24, 2.45) is 5.92 Å². The molecule has 1 N–H and O–H groups in total. The van der Waals surface area contributed by atoms with Crippen LogP contribution < -0.4 is 10.2 Å². The van der Waals surface area contributed by atoms with Gasteiger partial charge in [0.1, 0.15) is 0 Å². The van der Waals surface area contributed by atoms with Gasteiger partial charge in [-0.2, -0.15) is 0 Å². The summed E-state index contributed by atoms with van der Waals surface area (Å²) in [5.41, 5.74) is 2.64. The van der Waals surface area contributed by atoms with Crippen LogP contribution in [0.15, 0.2) is 22.7 Å². The molecule has 0 radical (unpaired) electrons. The summed E-state index contributed by atoms with van der Waals surface area (Å²) in [6.45, 7) is 14.3. The van der Waals surface area contributed by atoms with Crippen molar-refractivity contribution < 1.29 is 0 Å². The molecule has 0 bridgehead atoms. The van der Waals surface area contributed by atoms with Crippen LogP contribution in [0.5, 0.6) is 0 Å². The Balaban J connectivity index is 2.76. The molecule has 2 nitrogen and oxygen atoms in total. The van der Waals surface area contributed by atoms with Crippen LogP contribution in [0.3, 0.4) is 0 Å². The molecule has 0 heterocycles. The lowest BCUT2D eigenvalue weighted by Gasteiger charge is -2.30. The highest BCUT2D eigenvalue weighted by Gasteiger charge is 2.14. The summed E-state index contributed by atoms with van der Waals surface area (Å²) in [5.74, 6) is 0.693. The zero-order valence-corrected chi connectivity index (χ0v) is 15.1. The third kappa shape index (κ3) is 5.10. The van der Waals surface area contributed by atoms with E-state index in [0.717, 1.165) is 26.1 Å². The summed E-state index contributed by atoms with van der Waals surface area (Å²) in [6.07, 6.45) is 1.16. The normalized spacial score (nSPS) is 12.8. The molecule has 0 amide bonds. The van der Waals surface area contributed by atoms with Gasteiger partial charge in [-0.1, -0.05) is 26.8 Å². The number of nitrogens with zero attached hydrogens (tertiary/aromatic N) is 1. The lowest BCUT2D eigenvalue weighted by molar-refractivity contribution is 0.552. The van der Waals surface area contributed by atoms with Crippen molar-refractivity contribution >= 4 is 21.6 Å². The first-order valence-corrected chi connectivity index (χ1v) is 8.54. The fraction of sp³-hybridized carbons (Fsp3) is 0.647. The minimum atomic E-state index is 0.571. The van der Waals surface area contributed by atoms with Gasteiger partial charge in [0, 0.05) is 23.6 Å². The molecule has 0 fully saturated rings. The average Bonchev–Trinajstić information content (AvgIpc) is 2.41. The van der Waals surface area contributed by atoms with Crippen LogP contribution in [0, 0.1) is 5.92 Å². The molecule has 0 aromatic heterocycles. The van der Waals surface area contributed by atoms with Crippen molar-refractivity contribution in [3.63, 3.8) is 0 Å². The Morgan fingerprint density at radius 2 is 1.90 bits per heavy atom. The van der Waals surface area contributed by atoms with Crippen molar-refractivity contribution in [3.05, 3.63) is 28.2 Å². The summed E-state index contributed by atoms with van der Waals surface area (Å²) < 4.78 is 1.20. The molecule has 1 atom stereocenters. The maximum Gasteiger partial charge on any atom is 0.0513 e.